The molecule has 0 fully saturated rings. The van der Waals surface area contributed by atoms with Crippen LogP contribution in [0.2, 0.25) is 0 Å². The lowest BCUT2D eigenvalue weighted by Crippen LogP contribution is -2.48. The summed E-state index contributed by atoms with van der Waals surface area (Å²) >= 11 is 0. The van der Waals surface area contributed by atoms with Crippen LogP contribution in [0.25, 0.3) is 11.8 Å². The van der Waals surface area contributed by atoms with Crippen LogP contribution in [0.15, 0.2) is 4.79 Å². The van der Waals surface area contributed by atoms with Crippen LogP contribution >= 0.6 is 0 Å². The van der Waals surface area contributed by atoms with Gasteiger partial charge in [0.15, 0.2) is 0 Å². The maximum atomic E-state index is 11.9. The normalized spacial score (nSPS) is 13.7. The van der Waals surface area contributed by atoms with Crippen molar-refractivity contribution < 1.29 is 14.6 Å². The minimum atomic E-state index is -1.11. The fourth-order valence-corrected chi connectivity index (χ4v) is 2.04. The molecule has 0 atom stereocenters. The molecule has 0 bridgehead atoms. The third-order valence-electron chi connectivity index (χ3n) is 3.11. The Bertz CT molecular complexity index is 682. The highest BCUT2D eigenvalue weighted by Crippen LogP contribution is 2.02. The van der Waals surface area contributed by atoms with Crippen LogP contribution in [0.4, 0.5) is 0 Å². The zero-order chi connectivity index (χ0) is 12.7. The molecule has 2 rings (SSSR count). The molecule has 1 aliphatic rings. The van der Waals surface area contributed by atoms with Crippen molar-refractivity contribution in [2.75, 3.05) is 6.61 Å². The van der Waals surface area contributed by atoms with Gasteiger partial charge in [-0.3, -0.25) is 4.79 Å². The topological polar surface area (TPSA) is 68.5 Å². The van der Waals surface area contributed by atoms with E-state index in [0.717, 1.165) is 0 Å². The summed E-state index contributed by atoms with van der Waals surface area (Å²) < 4.78 is 6.60. The molecule has 0 amide bonds. The van der Waals surface area contributed by atoms with E-state index in [1.165, 1.54) is 4.57 Å². The zero-order valence-electron chi connectivity index (χ0n) is 9.90. The highest BCUT2D eigenvalue weighted by molar-refractivity contribution is 6.05. The van der Waals surface area contributed by atoms with Crippen molar-refractivity contribution in [3.05, 3.63) is 32.0 Å². The average Bonchev–Trinajstić information content (AvgIpc) is 2.32. The summed E-state index contributed by atoms with van der Waals surface area (Å²) in [4.78, 5) is 23.0. The number of pyridine rings is 1. The van der Waals surface area contributed by atoms with Crippen molar-refractivity contribution in [3.63, 3.8) is 0 Å². The van der Waals surface area contributed by atoms with E-state index in [-0.39, 0.29) is 17.9 Å². The Labute approximate surface area is 97.3 Å². The van der Waals surface area contributed by atoms with Gasteiger partial charge in [-0.05, 0) is 25.5 Å². The fraction of sp³-hybridized carbons (Fsp3) is 0.333. The molecule has 0 saturated carbocycles. The molecular weight excluding hydrogens is 222 g/mol. The average molecular weight is 235 g/mol. The van der Waals surface area contributed by atoms with Crippen LogP contribution in [0.5, 0.6) is 0 Å². The molecule has 1 aliphatic heterocycles. The number of ether oxygens (including phenoxy) is 1. The predicted octanol–water partition coefficient (Wildman–Crippen LogP) is -0.994. The van der Waals surface area contributed by atoms with Gasteiger partial charge in [0.1, 0.15) is 6.61 Å². The number of nitrogens with zero attached hydrogens (tertiary/aromatic N) is 1. The van der Waals surface area contributed by atoms with Gasteiger partial charge in [-0.1, -0.05) is 0 Å². The number of carboxylic acid groups (broad SMARTS) is 1. The van der Waals surface area contributed by atoms with Gasteiger partial charge in [0.25, 0.3) is 5.56 Å². The molecule has 0 spiro atoms. The number of fused-ring (bicyclic) bond motifs is 1. The smallest absolute Gasteiger partial charge is 0.371 e. The molecule has 5 nitrogen and oxygen atoms in total. The van der Waals surface area contributed by atoms with Crippen LogP contribution in [-0.4, -0.2) is 22.2 Å². The number of carbonyl (C=O) groups is 1. The maximum Gasteiger partial charge on any atom is 0.371 e. The quantitative estimate of drug-likeness (QED) is 0.678. The van der Waals surface area contributed by atoms with Gasteiger partial charge < -0.3 is 14.4 Å². The minimum Gasteiger partial charge on any atom is -0.482 e. The van der Waals surface area contributed by atoms with Gasteiger partial charge in [-0.15, -0.1) is 0 Å². The monoisotopic (exact) mass is 235 g/mol. The number of hydrogen-bond acceptors (Lipinski definition) is 3. The van der Waals surface area contributed by atoms with Crippen molar-refractivity contribution >= 4 is 17.8 Å². The largest absolute Gasteiger partial charge is 0.482 e. The molecule has 90 valence electrons. The Morgan fingerprint density at radius 2 is 2.06 bits per heavy atom. The SMILES string of the molecule is Cc1c(C)c(=O)n(C)c2c1=C(C(=O)O)OCC=2. The summed E-state index contributed by atoms with van der Waals surface area (Å²) in [6.07, 6.45) is 1.72. The summed E-state index contributed by atoms with van der Waals surface area (Å²) in [5, 5.41) is 10.2. The highest BCUT2D eigenvalue weighted by Gasteiger charge is 2.18. The first kappa shape index (κ1) is 11.4. The molecule has 0 saturated heterocycles. The van der Waals surface area contributed by atoms with Crippen LogP contribution < -0.4 is 16.1 Å². The van der Waals surface area contributed by atoms with E-state index in [1.54, 1.807) is 27.0 Å². The van der Waals surface area contributed by atoms with Gasteiger partial charge >= 0.3 is 5.97 Å². The van der Waals surface area contributed by atoms with Crippen molar-refractivity contribution in [2.45, 2.75) is 13.8 Å². The first-order chi connectivity index (χ1) is 7.95. The van der Waals surface area contributed by atoms with Crippen molar-refractivity contribution in [1.29, 1.82) is 0 Å². The second kappa shape index (κ2) is 3.76. The van der Waals surface area contributed by atoms with E-state index in [1.807, 2.05) is 0 Å². The molecular formula is C12H13NO4. The second-order valence-corrected chi connectivity index (χ2v) is 4.02. The van der Waals surface area contributed by atoms with Crippen LogP contribution in [-0.2, 0) is 16.6 Å². The number of carboxylic acids is 1. The van der Waals surface area contributed by atoms with Crippen LogP contribution in [0, 0.1) is 13.8 Å². The Morgan fingerprint density at radius 3 is 2.65 bits per heavy atom. The summed E-state index contributed by atoms with van der Waals surface area (Å²) in [7, 11) is 1.63. The molecule has 1 aromatic rings. The standard InChI is InChI=1S/C12H13NO4/c1-6-7(2)11(14)13(3)8-4-5-17-10(9(6)8)12(15)16/h4H,5H2,1-3H3,(H,15,16). The molecule has 0 aliphatic carbocycles. The third-order valence-corrected chi connectivity index (χ3v) is 3.11. The zero-order valence-corrected chi connectivity index (χ0v) is 9.90. The van der Waals surface area contributed by atoms with Crippen molar-refractivity contribution in [1.82, 2.24) is 4.57 Å². The van der Waals surface area contributed by atoms with E-state index in [9.17, 15) is 9.59 Å². The maximum absolute atomic E-state index is 11.9. The van der Waals surface area contributed by atoms with Crippen molar-refractivity contribution in [2.24, 2.45) is 7.05 Å². The first-order valence-corrected chi connectivity index (χ1v) is 5.22. The van der Waals surface area contributed by atoms with Gasteiger partial charge in [-0.2, -0.15) is 0 Å². The molecule has 0 unspecified atom stereocenters. The number of aliphatic carboxylic acids is 1. The van der Waals surface area contributed by atoms with Crippen molar-refractivity contribution in [3.8, 4) is 0 Å². The third kappa shape index (κ3) is 1.54. The fourth-order valence-electron chi connectivity index (χ4n) is 2.04. The van der Waals surface area contributed by atoms with E-state index >= 15 is 0 Å². The molecule has 1 aromatic heterocycles. The Balaban J connectivity index is 3.14. The van der Waals surface area contributed by atoms with E-state index in [2.05, 4.69) is 0 Å². The molecule has 0 aromatic carbocycles. The lowest BCUT2D eigenvalue weighted by Gasteiger charge is -2.14. The summed E-state index contributed by atoms with van der Waals surface area (Å²) in [6, 6.07) is 0. The molecule has 0 radical (unpaired) electrons. The Morgan fingerprint density at radius 1 is 1.41 bits per heavy atom. The van der Waals surface area contributed by atoms with Gasteiger partial charge in [0.2, 0.25) is 5.76 Å². The van der Waals surface area contributed by atoms with Crippen LogP contribution in [0.1, 0.15) is 11.1 Å². The number of rotatable bonds is 1. The van der Waals surface area contributed by atoms with Gasteiger partial charge in [0, 0.05) is 12.6 Å². The van der Waals surface area contributed by atoms with Gasteiger partial charge in [0.05, 0.1) is 10.6 Å². The highest BCUT2D eigenvalue weighted by atomic mass is 16.5. The van der Waals surface area contributed by atoms with E-state index in [0.29, 0.717) is 21.7 Å². The summed E-state index contributed by atoms with van der Waals surface area (Å²) in [5.74, 6) is -1.20. The molecule has 17 heavy (non-hydrogen) atoms. The van der Waals surface area contributed by atoms with E-state index < -0.39 is 5.97 Å². The molecule has 1 N–H and O–H groups in total. The Kier molecular flexibility index (Phi) is 2.53. The first-order valence-electron chi connectivity index (χ1n) is 5.22. The second-order valence-electron chi connectivity index (χ2n) is 4.02. The minimum absolute atomic E-state index is 0.0845. The number of aromatic nitrogens is 1. The predicted molar refractivity (Wildman–Crippen MR) is 61.9 cm³/mol. The number of hydrogen-bond donors (Lipinski definition) is 1. The summed E-state index contributed by atoms with van der Waals surface area (Å²) in [5.41, 5.74) is 1.10. The van der Waals surface area contributed by atoms with Gasteiger partial charge in [-0.25, -0.2) is 4.79 Å². The Hall–Kier alpha value is -2.04. The lowest BCUT2D eigenvalue weighted by atomic mass is 10.1. The molecule has 2 heterocycles. The van der Waals surface area contributed by atoms with Crippen LogP contribution in [0.3, 0.4) is 0 Å². The lowest BCUT2D eigenvalue weighted by molar-refractivity contribution is -0.132. The molecule has 5 heteroatoms. The van der Waals surface area contributed by atoms with E-state index in [4.69, 9.17) is 9.84 Å². The summed E-state index contributed by atoms with van der Waals surface area (Å²) in [6.45, 7) is 3.59.